The lowest BCUT2D eigenvalue weighted by Gasteiger charge is -2.17. The fraction of sp³-hybridized carbons (Fsp3) is 0.211. The summed E-state index contributed by atoms with van der Waals surface area (Å²) in [7, 11) is 1.26. The van der Waals surface area contributed by atoms with Gasteiger partial charge in [-0.2, -0.15) is 0 Å². The third kappa shape index (κ3) is 2.57. The third-order valence-electron chi connectivity index (χ3n) is 4.64. The van der Waals surface area contributed by atoms with E-state index < -0.39 is 5.97 Å². The molecule has 1 atom stereocenters. The topological polar surface area (TPSA) is 92.9 Å². The number of methoxy groups -OCH3 is 1. The van der Waals surface area contributed by atoms with E-state index in [1.165, 1.54) is 13.2 Å². The number of benzene rings is 1. The van der Waals surface area contributed by atoms with Crippen LogP contribution < -0.4 is 5.32 Å². The number of nitrogens with one attached hydrogen (secondary N) is 1. The zero-order chi connectivity index (χ0) is 18.3. The molecule has 2 N–H and O–H groups in total. The Morgan fingerprint density at radius 1 is 1.35 bits per heavy atom. The second-order valence-electron chi connectivity index (χ2n) is 6.17. The number of hydrogen-bond donors (Lipinski definition) is 2. The molecule has 26 heavy (non-hydrogen) atoms. The van der Waals surface area contributed by atoms with Gasteiger partial charge in [0.25, 0.3) is 0 Å². The Bertz CT molecular complexity index is 1020. The Kier molecular flexibility index (Phi) is 3.84. The molecule has 1 aromatic carbocycles. The van der Waals surface area contributed by atoms with Crippen LogP contribution in [-0.4, -0.2) is 33.5 Å². The Balaban J connectivity index is 1.91. The summed E-state index contributed by atoms with van der Waals surface area (Å²) in [5.41, 5.74) is 3.31. The number of hydrogen-bond acceptors (Lipinski definition) is 5. The minimum Gasteiger partial charge on any atom is -0.507 e. The first-order valence-corrected chi connectivity index (χ1v) is 8.22. The highest BCUT2D eigenvalue weighted by atomic mass is 16.5. The van der Waals surface area contributed by atoms with Crippen LogP contribution in [0.2, 0.25) is 0 Å². The van der Waals surface area contributed by atoms with Crippen LogP contribution in [0.1, 0.15) is 39.6 Å². The van der Waals surface area contributed by atoms with Crippen molar-refractivity contribution in [3.05, 3.63) is 65.1 Å². The first kappa shape index (κ1) is 16.1. The van der Waals surface area contributed by atoms with E-state index in [1.54, 1.807) is 12.1 Å². The lowest BCUT2D eigenvalue weighted by Crippen LogP contribution is -2.21. The minimum atomic E-state index is -0.624. The third-order valence-corrected chi connectivity index (χ3v) is 4.64. The van der Waals surface area contributed by atoms with Crippen molar-refractivity contribution in [1.29, 1.82) is 0 Å². The first-order valence-electron chi connectivity index (χ1n) is 8.22. The van der Waals surface area contributed by atoms with Crippen molar-refractivity contribution in [2.75, 3.05) is 7.11 Å². The van der Waals surface area contributed by atoms with Crippen molar-refractivity contribution in [1.82, 2.24) is 14.7 Å². The fourth-order valence-corrected chi connectivity index (χ4v) is 3.42. The van der Waals surface area contributed by atoms with Gasteiger partial charge in [-0.3, -0.25) is 4.79 Å². The number of imidazole rings is 1. The number of carbonyl (C=O) groups excluding carboxylic acids is 2. The molecule has 2 aromatic heterocycles. The van der Waals surface area contributed by atoms with Crippen molar-refractivity contribution in [3.8, 4) is 5.75 Å². The van der Waals surface area contributed by atoms with Gasteiger partial charge in [0.05, 0.1) is 25.0 Å². The zero-order valence-electron chi connectivity index (χ0n) is 14.1. The Labute approximate surface area is 149 Å². The predicted octanol–water partition coefficient (Wildman–Crippen LogP) is 1.98. The van der Waals surface area contributed by atoms with Crippen LogP contribution >= 0.6 is 0 Å². The smallest absolute Gasteiger partial charge is 0.341 e. The van der Waals surface area contributed by atoms with Gasteiger partial charge in [-0.05, 0) is 29.8 Å². The van der Waals surface area contributed by atoms with Crippen LogP contribution in [0, 0.1) is 0 Å². The van der Waals surface area contributed by atoms with Crippen LogP contribution in [-0.2, 0) is 16.1 Å². The highest BCUT2D eigenvalue weighted by Crippen LogP contribution is 2.35. The molecule has 0 saturated carbocycles. The molecule has 3 aromatic rings. The highest BCUT2D eigenvalue weighted by Gasteiger charge is 2.29. The van der Waals surface area contributed by atoms with Crippen LogP contribution in [0.5, 0.6) is 5.75 Å². The van der Waals surface area contributed by atoms with E-state index in [0.717, 1.165) is 22.6 Å². The highest BCUT2D eigenvalue weighted by molar-refractivity contribution is 5.92. The summed E-state index contributed by atoms with van der Waals surface area (Å²) < 4.78 is 6.70. The van der Waals surface area contributed by atoms with E-state index in [0.29, 0.717) is 6.54 Å². The summed E-state index contributed by atoms with van der Waals surface area (Å²) in [5, 5.41) is 12.8. The van der Waals surface area contributed by atoms with E-state index in [9.17, 15) is 14.7 Å². The predicted molar refractivity (Wildman–Crippen MR) is 92.9 cm³/mol. The standard InChI is InChI=1S/C19H17N3O4/c1-26-19(25)13-8-11(5-6-15(13)23)12-9-17(24)20-10-14-18(12)22-7-3-2-4-16(22)21-14/h2-8,12,23H,9-10H2,1H3,(H,20,24). The molecule has 4 rings (SSSR count). The Morgan fingerprint density at radius 2 is 2.19 bits per heavy atom. The maximum Gasteiger partial charge on any atom is 0.341 e. The number of pyridine rings is 1. The molecule has 0 bridgehead atoms. The maximum absolute atomic E-state index is 12.2. The molecule has 1 amide bonds. The number of phenolic OH excluding ortho intramolecular Hbond substituents is 1. The van der Waals surface area contributed by atoms with E-state index in [2.05, 4.69) is 10.3 Å². The van der Waals surface area contributed by atoms with E-state index in [4.69, 9.17) is 4.74 Å². The summed E-state index contributed by atoms with van der Waals surface area (Å²) in [4.78, 5) is 28.8. The van der Waals surface area contributed by atoms with Gasteiger partial charge in [0.1, 0.15) is 17.0 Å². The minimum absolute atomic E-state index is 0.0741. The van der Waals surface area contributed by atoms with Gasteiger partial charge in [0, 0.05) is 18.5 Å². The van der Waals surface area contributed by atoms with E-state index in [1.807, 2.05) is 28.8 Å². The second-order valence-corrected chi connectivity index (χ2v) is 6.17. The number of amides is 1. The monoisotopic (exact) mass is 351 g/mol. The molecule has 1 aliphatic rings. The molecule has 132 valence electrons. The van der Waals surface area contributed by atoms with Crippen molar-refractivity contribution in [2.45, 2.75) is 18.9 Å². The molecule has 3 heterocycles. The number of rotatable bonds is 2. The molecule has 7 nitrogen and oxygen atoms in total. The Hall–Kier alpha value is -3.35. The molecular formula is C19H17N3O4. The quantitative estimate of drug-likeness (QED) is 0.689. The van der Waals surface area contributed by atoms with Gasteiger partial charge in [0.15, 0.2) is 0 Å². The molecule has 0 radical (unpaired) electrons. The van der Waals surface area contributed by atoms with Crippen LogP contribution in [0.3, 0.4) is 0 Å². The number of aromatic nitrogens is 2. The van der Waals surface area contributed by atoms with Gasteiger partial charge >= 0.3 is 5.97 Å². The number of ether oxygens (including phenoxy) is 1. The molecule has 0 fully saturated rings. The molecule has 0 aliphatic carbocycles. The van der Waals surface area contributed by atoms with Gasteiger partial charge in [-0.1, -0.05) is 12.1 Å². The normalized spacial score (nSPS) is 16.7. The lowest BCUT2D eigenvalue weighted by atomic mass is 9.90. The SMILES string of the molecule is COC(=O)c1cc(C2CC(=O)NCc3nc4ccccn4c32)ccc1O. The van der Waals surface area contributed by atoms with Gasteiger partial charge in [0.2, 0.25) is 5.91 Å². The first-order chi connectivity index (χ1) is 12.6. The average Bonchev–Trinajstić information content (AvgIpc) is 2.94. The molecule has 1 unspecified atom stereocenters. The molecule has 0 saturated heterocycles. The number of aromatic hydroxyl groups is 1. The van der Waals surface area contributed by atoms with E-state index >= 15 is 0 Å². The average molecular weight is 351 g/mol. The summed E-state index contributed by atoms with van der Waals surface area (Å²) in [6.45, 7) is 0.355. The lowest BCUT2D eigenvalue weighted by molar-refractivity contribution is -0.121. The summed E-state index contributed by atoms with van der Waals surface area (Å²) >= 11 is 0. The van der Waals surface area contributed by atoms with Crippen molar-refractivity contribution < 1.29 is 19.4 Å². The van der Waals surface area contributed by atoms with Crippen molar-refractivity contribution in [2.24, 2.45) is 0 Å². The Morgan fingerprint density at radius 3 is 3.00 bits per heavy atom. The number of fused-ring (bicyclic) bond motifs is 3. The number of phenols is 1. The molecular weight excluding hydrogens is 334 g/mol. The second kappa shape index (κ2) is 6.18. The summed E-state index contributed by atoms with van der Waals surface area (Å²) in [6, 6.07) is 10.5. The maximum atomic E-state index is 12.2. The van der Waals surface area contributed by atoms with Crippen LogP contribution in [0.15, 0.2) is 42.6 Å². The number of carbonyl (C=O) groups is 2. The summed E-state index contributed by atoms with van der Waals surface area (Å²) in [5.74, 6) is -1.17. The van der Waals surface area contributed by atoms with Gasteiger partial charge < -0.3 is 19.6 Å². The largest absolute Gasteiger partial charge is 0.507 e. The number of esters is 1. The molecule has 1 aliphatic heterocycles. The van der Waals surface area contributed by atoms with Crippen LogP contribution in [0.25, 0.3) is 5.65 Å². The van der Waals surface area contributed by atoms with E-state index in [-0.39, 0.29) is 29.6 Å². The number of nitrogens with zero attached hydrogens (tertiary/aromatic N) is 2. The van der Waals surface area contributed by atoms with Crippen LogP contribution in [0.4, 0.5) is 0 Å². The summed E-state index contributed by atoms with van der Waals surface area (Å²) in [6.07, 6.45) is 2.13. The van der Waals surface area contributed by atoms with Crippen molar-refractivity contribution >= 4 is 17.5 Å². The molecule has 7 heteroatoms. The van der Waals surface area contributed by atoms with Crippen molar-refractivity contribution in [3.63, 3.8) is 0 Å². The van der Waals surface area contributed by atoms with Gasteiger partial charge in [-0.25, -0.2) is 9.78 Å². The zero-order valence-corrected chi connectivity index (χ0v) is 14.1. The fourth-order valence-electron chi connectivity index (χ4n) is 3.42. The van der Waals surface area contributed by atoms with Gasteiger partial charge in [-0.15, -0.1) is 0 Å². The molecule has 0 spiro atoms.